The average Bonchev–Trinajstić information content (AvgIpc) is 3.31. The van der Waals surface area contributed by atoms with Gasteiger partial charge in [-0.05, 0) is 42.0 Å². The number of aromatic nitrogens is 5. The first kappa shape index (κ1) is 23.5. The van der Waals surface area contributed by atoms with Gasteiger partial charge < -0.3 is 10.6 Å². The lowest BCUT2D eigenvalue weighted by Gasteiger charge is -2.19. The van der Waals surface area contributed by atoms with Crippen LogP contribution in [-0.4, -0.2) is 25.0 Å². The van der Waals surface area contributed by atoms with Crippen molar-refractivity contribution in [2.75, 3.05) is 10.6 Å². The standard InChI is InChI=1S/C25H17Cl2FN8/c1-36-13-22(34-35-36)24(14-3-2-6-30-11-14)33-17-7-18-23(32-16-4-5-21(28)19(26)8-16)15(10-29)12-31-25(18)20(27)9-17/h2-9,11-13,24,33H,1H3,(H,31,32). The van der Waals surface area contributed by atoms with E-state index in [1.165, 1.54) is 24.4 Å². The number of fused-ring (bicyclic) bond motifs is 1. The van der Waals surface area contributed by atoms with Gasteiger partial charge in [-0.3, -0.25) is 14.6 Å². The van der Waals surface area contributed by atoms with Crippen LogP contribution in [0.3, 0.4) is 0 Å². The molecule has 0 radical (unpaired) electrons. The number of aryl methyl sites for hydroxylation is 1. The molecule has 2 N–H and O–H groups in total. The maximum atomic E-state index is 13.7. The number of nitriles is 1. The second-order valence-corrected chi connectivity index (χ2v) is 8.76. The molecule has 0 spiro atoms. The molecule has 1 unspecified atom stereocenters. The summed E-state index contributed by atoms with van der Waals surface area (Å²) in [5, 5.41) is 25.6. The van der Waals surface area contributed by atoms with Gasteiger partial charge in [-0.15, -0.1) is 5.10 Å². The first-order valence-electron chi connectivity index (χ1n) is 10.7. The predicted octanol–water partition coefficient (Wildman–Crippen LogP) is 6.02. The number of benzene rings is 2. The van der Waals surface area contributed by atoms with Crippen LogP contribution >= 0.6 is 23.2 Å². The van der Waals surface area contributed by atoms with E-state index in [1.807, 2.05) is 24.4 Å². The third kappa shape index (κ3) is 4.64. The van der Waals surface area contributed by atoms with Crippen molar-refractivity contribution in [3.63, 3.8) is 0 Å². The van der Waals surface area contributed by atoms with E-state index in [0.717, 1.165) is 5.56 Å². The highest BCUT2D eigenvalue weighted by Gasteiger charge is 2.20. The number of rotatable bonds is 6. The van der Waals surface area contributed by atoms with Crippen molar-refractivity contribution in [1.29, 1.82) is 5.26 Å². The molecule has 0 aliphatic rings. The minimum absolute atomic E-state index is 0.0412. The molecule has 5 aromatic rings. The number of pyridine rings is 2. The van der Waals surface area contributed by atoms with Gasteiger partial charge in [0.1, 0.15) is 17.6 Å². The van der Waals surface area contributed by atoms with Crippen LogP contribution in [0.1, 0.15) is 22.9 Å². The molecule has 0 aliphatic heterocycles. The molecular formula is C25H17Cl2FN8. The van der Waals surface area contributed by atoms with Gasteiger partial charge in [0.15, 0.2) is 0 Å². The largest absolute Gasteiger partial charge is 0.373 e. The number of nitrogens with one attached hydrogen (secondary N) is 2. The molecule has 0 fully saturated rings. The highest BCUT2D eigenvalue weighted by Crippen LogP contribution is 2.37. The molecule has 1 atom stereocenters. The fourth-order valence-corrected chi connectivity index (χ4v) is 4.27. The van der Waals surface area contributed by atoms with E-state index < -0.39 is 5.82 Å². The van der Waals surface area contributed by atoms with Crippen molar-refractivity contribution >= 4 is 51.2 Å². The summed E-state index contributed by atoms with van der Waals surface area (Å²) in [7, 11) is 1.79. The molecule has 5 rings (SSSR count). The van der Waals surface area contributed by atoms with E-state index in [2.05, 4.69) is 37.0 Å². The summed E-state index contributed by atoms with van der Waals surface area (Å²) in [5.41, 5.74) is 3.97. The molecular weight excluding hydrogens is 502 g/mol. The first-order chi connectivity index (χ1) is 17.4. The Morgan fingerprint density at radius 2 is 1.92 bits per heavy atom. The average molecular weight is 519 g/mol. The van der Waals surface area contributed by atoms with Crippen LogP contribution in [-0.2, 0) is 7.05 Å². The van der Waals surface area contributed by atoms with Gasteiger partial charge in [0.25, 0.3) is 0 Å². The Morgan fingerprint density at radius 3 is 2.61 bits per heavy atom. The number of hydrogen-bond acceptors (Lipinski definition) is 7. The van der Waals surface area contributed by atoms with Crippen molar-refractivity contribution in [3.8, 4) is 6.07 Å². The van der Waals surface area contributed by atoms with E-state index >= 15 is 0 Å². The Balaban J connectivity index is 1.62. The number of nitrogens with zero attached hydrogens (tertiary/aromatic N) is 6. The molecule has 0 aliphatic carbocycles. The van der Waals surface area contributed by atoms with Gasteiger partial charge in [0, 0.05) is 42.4 Å². The lowest BCUT2D eigenvalue weighted by atomic mass is 10.0. The highest BCUT2D eigenvalue weighted by atomic mass is 35.5. The van der Waals surface area contributed by atoms with Crippen LogP contribution in [0.2, 0.25) is 10.0 Å². The predicted molar refractivity (Wildman–Crippen MR) is 137 cm³/mol. The number of hydrogen-bond donors (Lipinski definition) is 2. The summed E-state index contributed by atoms with van der Waals surface area (Å²) in [6.07, 6.45) is 6.69. The molecule has 0 amide bonds. The zero-order valence-electron chi connectivity index (χ0n) is 18.7. The molecule has 3 aromatic heterocycles. The summed E-state index contributed by atoms with van der Waals surface area (Å²) in [5.74, 6) is -0.540. The first-order valence-corrected chi connectivity index (χ1v) is 11.5. The quantitative estimate of drug-likeness (QED) is 0.283. The monoisotopic (exact) mass is 518 g/mol. The summed E-state index contributed by atoms with van der Waals surface area (Å²) in [6, 6.07) is 13.4. The highest BCUT2D eigenvalue weighted by molar-refractivity contribution is 6.36. The zero-order chi connectivity index (χ0) is 25.2. The summed E-state index contributed by atoms with van der Waals surface area (Å²) >= 11 is 12.6. The lowest BCUT2D eigenvalue weighted by molar-refractivity contribution is 0.628. The van der Waals surface area contributed by atoms with Gasteiger partial charge >= 0.3 is 0 Å². The van der Waals surface area contributed by atoms with Gasteiger partial charge in [-0.1, -0.05) is 34.5 Å². The van der Waals surface area contributed by atoms with E-state index in [9.17, 15) is 9.65 Å². The summed E-state index contributed by atoms with van der Waals surface area (Å²) < 4.78 is 15.3. The van der Waals surface area contributed by atoms with Crippen molar-refractivity contribution in [2.45, 2.75) is 6.04 Å². The maximum absolute atomic E-state index is 13.7. The molecule has 8 nitrogen and oxygen atoms in total. The lowest BCUT2D eigenvalue weighted by Crippen LogP contribution is -2.13. The minimum Gasteiger partial charge on any atom is -0.373 e. The van der Waals surface area contributed by atoms with Crippen molar-refractivity contribution < 1.29 is 4.39 Å². The molecule has 3 heterocycles. The second-order valence-electron chi connectivity index (χ2n) is 7.95. The van der Waals surface area contributed by atoms with Crippen LogP contribution in [0.25, 0.3) is 10.9 Å². The summed E-state index contributed by atoms with van der Waals surface area (Å²) in [6.45, 7) is 0. The Morgan fingerprint density at radius 1 is 1.08 bits per heavy atom. The van der Waals surface area contributed by atoms with Gasteiger partial charge in [0.2, 0.25) is 0 Å². The van der Waals surface area contributed by atoms with Gasteiger partial charge in [-0.25, -0.2) is 4.39 Å². The Hall–Kier alpha value is -4.26. The molecule has 178 valence electrons. The minimum atomic E-state index is -0.540. The topological polar surface area (TPSA) is 104 Å². The Bertz CT molecular complexity index is 1610. The van der Waals surface area contributed by atoms with Crippen molar-refractivity contribution in [1.82, 2.24) is 25.0 Å². The maximum Gasteiger partial charge on any atom is 0.141 e. The van der Waals surface area contributed by atoms with Gasteiger partial charge in [0.05, 0.1) is 39.1 Å². The fraction of sp³-hybridized carbons (Fsp3) is 0.0800. The molecule has 0 saturated carbocycles. The van der Waals surface area contributed by atoms with E-state index in [1.54, 1.807) is 30.2 Å². The summed E-state index contributed by atoms with van der Waals surface area (Å²) in [4.78, 5) is 8.61. The molecule has 36 heavy (non-hydrogen) atoms. The molecule has 2 aromatic carbocycles. The zero-order valence-corrected chi connectivity index (χ0v) is 20.3. The van der Waals surface area contributed by atoms with Crippen LogP contribution in [0.5, 0.6) is 0 Å². The van der Waals surface area contributed by atoms with Gasteiger partial charge in [-0.2, -0.15) is 5.26 Å². The van der Waals surface area contributed by atoms with Crippen LogP contribution in [0.15, 0.2) is 67.3 Å². The number of halogens is 3. The fourth-order valence-electron chi connectivity index (χ4n) is 3.82. The van der Waals surface area contributed by atoms with Crippen LogP contribution in [0, 0.1) is 17.1 Å². The number of anilines is 3. The normalized spacial score (nSPS) is 11.8. The van der Waals surface area contributed by atoms with Crippen molar-refractivity contribution in [3.05, 3.63) is 99.9 Å². The van der Waals surface area contributed by atoms with Crippen LogP contribution in [0.4, 0.5) is 21.5 Å². The third-order valence-electron chi connectivity index (χ3n) is 5.48. The van der Waals surface area contributed by atoms with E-state index in [-0.39, 0.29) is 16.6 Å². The third-order valence-corrected chi connectivity index (χ3v) is 6.06. The van der Waals surface area contributed by atoms with Crippen LogP contribution < -0.4 is 10.6 Å². The van der Waals surface area contributed by atoms with E-state index in [4.69, 9.17) is 23.2 Å². The smallest absolute Gasteiger partial charge is 0.141 e. The molecule has 0 bridgehead atoms. The Labute approximate surface area is 215 Å². The van der Waals surface area contributed by atoms with E-state index in [0.29, 0.717) is 38.7 Å². The SMILES string of the molecule is Cn1cc(C(Nc2cc(Cl)c3ncc(C#N)c(Nc4ccc(F)c(Cl)c4)c3c2)c2cccnc2)nn1. The second kappa shape index (κ2) is 9.77. The Kier molecular flexibility index (Phi) is 6.38. The molecule has 0 saturated heterocycles. The van der Waals surface area contributed by atoms with Crippen molar-refractivity contribution in [2.24, 2.45) is 7.05 Å². The molecule has 11 heteroatoms.